The van der Waals surface area contributed by atoms with Crippen molar-refractivity contribution in [1.29, 1.82) is 0 Å². The fourth-order valence-corrected chi connectivity index (χ4v) is 0.213. The molecule has 0 unspecified atom stereocenters. The molecule has 3 nitrogen and oxygen atoms in total. The van der Waals surface area contributed by atoms with Crippen molar-refractivity contribution in [3.63, 3.8) is 0 Å². The molecule has 0 saturated heterocycles. The van der Waals surface area contributed by atoms with Crippen LogP contribution in [0.25, 0.3) is 0 Å². The largest absolute Gasteiger partial charge is 1.00 e. The molecule has 0 aromatic heterocycles. The van der Waals surface area contributed by atoms with Crippen molar-refractivity contribution in [2.45, 2.75) is 20.3 Å². The third-order valence-electron chi connectivity index (χ3n) is 0.400. The molecule has 0 aromatic carbocycles. The standard InChI is InChI=1S/C4H6O3.C2H5.Na/c1-3(5)2-4(6)7;1-2;/h2H2,1H3,(H,6,7);1H2,2H3;/q;-1;+1. The fraction of sp³-hybridized carbons (Fsp3) is 0.500. The van der Waals surface area contributed by atoms with Crippen LogP contribution in [0.5, 0.6) is 0 Å². The fourth-order valence-electron chi connectivity index (χ4n) is 0.213. The summed E-state index contributed by atoms with van der Waals surface area (Å²) in [5, 5.41) is 7.86. The molecule has 0 rings (SSSR count). The van der Waals surface area contributed by atoms with Crippen LogP contribution in [-0.2, 0) is 9.59 Å². The molecule has 0 radical (unpaired) electrons. The Morgan fingerprint density at radius 1 is 1.40 bits per heavy atom. The number of carboxylic acid groups (broad SMARTS) is 1. The Morgan fingerprint density at radius 2 is 1.70 bits per heavy atom. The molecule has 1 N–H and O–H groups in total. The zero-order valence-electron chi connectivity index (χ0n) is 6.68. The first-order valence-electron chi connectivity index (χ1n) is 2.55. The molecule has 0 heterocycles. The molecule has 0 bridgehead atoms. The van der Waals surface area contributed by atoms with Crippen molar-refractivity contribution in [3.05, 3.63) is 6.92 Å². The predicted octanol–water partition coefficient (Wildman–Crippen LogP) is -2.11. The first-order chi connectivity index (χ1) is 4.13. The van der Waals surface area contributed by atoms with E-state index in [1.54, 1.807) is 6.92 Å². The molecular weight excluding hydrogens is 143 g/mol. The SMILES string of the molecule is CC(=O)CC(=O)O.[CH2-]C.[Na+]. The van der Waals surface area contributed by atoms with E-state index < -0.39 is 5.97 Å². The van der Waals surface area contributed by atoms with Gasteiger partial charge in [0.05, 0.1) is 0 Å². The number of Topliss-reactive ketones (excluding diaryl/α,β-unsaturated/α-hetero) is 1. The van der Waals surface area contributed by atoms with Gasteiger partial charge in [-0.2, -0.15) is 6.92 Å². The third kappa shape index (κ3) is 24.2. The van der Waals surface area contributed by atoms with Crippen molar-refractivity contribution in [3.8, 4) is 0 Å². The molecule has 0 aliphatic heterocycles. The number of hydrogen-bond acceptors (Lipinski definition) is 2. The molecule has 54 valence electrons. The van der Waals surface area contributed by atoms with Gasteiger partial charge in [-0.1, -0.05) is 0 Å². The maximum Gasteiger partial charge on any atom is 1.00 e. The van der Waals surface area contributed by atoms with E-state index in [9.17, 15) is 9.59 Å². The number of aliphatic carboxylic acids is 1. The normalized spacial score (nSPS) is 6.30. The van der Waals surface area contributed by atoms with E-state index in [0.717, 1.165) is 0 Å². The molecular formula is C6H11NaO3. The number of hydrogen-bond donors (Lipinski definition) is 1. The summed E-state index contributed by atoms with van der Waals surface area (Å²) in [6, 6.07) is 0. The van der Waals surface area contributed by atoms with Gasteiger partial charge >= 0.3 is 35.5 Å². The Balaban J connectivity index is -0.000000149. The minimum Gasteiger partial charge on any atom is -0.481 e. The maximum atomic E-state index is 9.87. The number of rotatable bonds is 2. The summed E-state index contributed by atoms with van der Waals surface area (Å²) in [6.07, 6.45) is -0.361. The first kappa shape index (κ1) is 16.6. The average Bonchev–Trinajstić information content (AvgIpc) is 1.68. The van der Waals surface area contributed by atoms with Crippen LogP contribution in [0, 0.1) is 6.92 Å². The number of ketones is 1. The molecule has 0 saturated carbocycles. The van der Waals surface area contributed by atoms with Gasteiger partial charge in [-0.25, -0.2) is 0 Å². The molecule has 0 aliphatic rings. The van der Waals surface area contributed by atoms with Crippen LogP contribution in [-0.4, -0.2) is 16.9 Å². The van der Waals surface area contributed by atoms with Crippen molar-refractivity contribution in [2.75, 3.05) is 0 Å². The van der Waals surface area contributed by atoms with Gasteiger partial charge in [0, 0.05) is 0 Å². The van der Waals surface area contributed by atoms with Crippen LogP contribution < -0.4 is 29.6 Å². The van der Waals surface area contributed by atoms with E-state index in [0.29, 0.717) is 0 Å². The summed E-state index contributed by atoms with van der Waals surface area (Å²) in [5.74, 6) is -1.37. The zero-order chi connectivity index (χ0) is 7.86. The van der Waals surface area contributed by atoms with E-state index >= 15 is 0 Å². The molecule has 0 spiro atoms. The summed E-state index contributed by atoms with van der Waals surface area (Å²) in [6.45, 7) is 6.24. The Hall–Kier alpha value is 0.140. The summed E-state index contributed by atoms with van der Waals surface area (Å²) >= 11 is 0. The van der Waals surface area contributed by atoms with Gasteiger partial charge in [-0.15, -0.1) is 0 Å². The Kier molecular flexibility index (Phi) is 19.7. The molecule has 4 heteroatoms. The first-order valence-corrected chi connectivity index (χ1v) is 2.55. The van der Waals surface area contributed by atoms with Crippen LogP contribution in [0.4, 0.5) is 0 Å². The quantitative estimate of drug-likeness (QED) is 0.281. The Morgan fingerprint density at radius 3 is 1.70 bits per heavy atom. The number of carbonyl (C=O) groups excluding carboxylic acids is 1. The van der Waals surface area contributed by atoms with Crippen molar-refractivity contribution in [2.24, 2.45) is 0 Å². The molecule has 0 amide bonds. The van der Waals surface area contributed by atoms with Gasteiger partial charge in [0.25, 0.3) is 0 Å². The van der Waals surface area contributed by atoms with Crippen molar-refractivity contribution < 1.29 is 44.3 Å². The van der Waals surface area contributed by atoms with E-state index in [1.807, 2.05) is 0 Å². The van der Waals surface area contributed by atoms with Crippen LogP contribution in [0.3, 0.4) is 0 Å². The minimum absolute atomic E-state index is 0. The minimum atomic E-state index is -1.06. The van der Waals surface area contributed by atoms with Crippen molar-refractivity contribution >= 4 is 11.8 Å². The predicted molar refractivity (Wildman–Crippen MR) is 34.0 cm³/mol. The summed E-state index contributed by atoms with van der Waals surface area (Å²) in [7, 11) is 0. The van der Waals surface area contributed by atoms with Gasteiger partial charge in [0.15, 0.2) is 0 Å². The zero-order valence-corrected chi connectivity index (χ0v) is 8.68. The topological polar surface area (TPSA) is 54.4 Å². The third-order valence-corrected chi connectivity index (χ3v) is 0.400. The summed E-state index contributed by atoms with van der Waals surface area (Å²) < 4.78 is 0. The molecule has 0 aromatic rings. The van der Waals surface area contributed by atoms with Crippen LogP contribution in [0.15, 0.2) is 0 Å². The van der Waals surface area contributed by atoms with Crippen LogP contribution in [0.2, 0.25) is 0 Å². The van der Waals surface area contributed by atoms with Crippen LogP contribution in [0.1, 0.15) is 20.3 Å². The average molecular weight is 154 g/mol. The van der Waals surface area contributed by atoms with Gasteiger partial charge in [0.1, 0.15) is 12.2 Å². The van der Waals surface area contributed by atoms with Gasteiger partial charge < -0.3 is 12.0 Å². The second-order valence-corrected chi connectivity index (χ2v) is 1.27. The van der Waals surface area contributed by atoms with Gasteiger partial charge in [-0.3, -0.25) is 9.59 Å². The Bertz CT molecular complexity index is 89.2. The van der Waals surface area contributed by atoms with Gasteiger partial charge in [0.2, 0.25) is 0 Å². The summed E-state index contributed by atoms with van der Waals surface area (Å²) in [4.78, 5) is 19.5. The smallest absolute Gasteiger partial charge is 0.481 e. The molecule has 0 fully saturated rings. The monoisotopic (exact) mass is 154 g/mol. The van der Waals surface area contributed by atoms with E-state index in [2.05, 4.69) is 6.92 Å². The summed E-state index contributed by atoms with van der Waals surface area (Å²) in [5.41, 5.74) is 0. The maximum absolute atomic E-state index is 9.87. The van der Waals surface area contributed by atoms with E-state index in [-0.39, 0.29) is 41.8 Å². The second kappa shape index (κ2) is 11.9. The van der Waals surface area contributed by atoms with E-state index in [4.69, 9.17) is 5.11 Å². The number of carboxylic acids is 1. The van der Waals surface area contributed by atoms with Crippen LogP contribution >= 0.6 is 0 Å². The van der Waals surface area contributed by atoms with E-state index in [1.165, 1.54) is 6.92 Å². The molecule has 0 atom stereocenters. The molecule has 10 heavy (non-hydrogen) atoms. The second-order valence-electron chi connectivity index (χ2n) is 1.27. The van der Waals surface area contributed by atoms with Gasteiger partial charge in [-0.05, 0) is 6.92 Å². The Labute approximate surface area is 83.1 Å². The molecule has 0 aliphatic carbocycles. The number of carbonyl (C=O) groups is 2. The van der Waals surface area contributed by atoms with Crippen molar-refractivity contribution in [1.82, 2.24) is 0 Å².